The summed E-state index contributed by atoms with van der Waals surface area (Å²) in [5.74, 6) is 0.466. The molecule has 4 rings (SSSR count). The second kappa shape index (κ2) is 11.6. The Kier molecular flexibility index (Phi) is 8.29. The Morgan fingerprint density at radius 2 is 1.49 bits per heavy atom. The molecule has 1 heterocycles. The molecule has 1 aliphatic heterocycles. The molecule has 0 bridgehead atoms. The fourth-order valence-corrected chi connectivity index (χ4v) is 4.92. The third kappa shape index (κ3) is 5.35. The Morgan fingerprint density at radius 3 is 2.00 bits per heavy atom. The normalized spacial score (nSPS) is 16.6. The largest absolute Gasteiger partial charge is 0.507 e. The van der Waals surface area contributed by atoms with Gasteiger partial charge in [-0.25, -0.2) is 0 Å². The van der Waals surface area contributed by atoms with Gasteiger partial charge in [0, 0.05) is 11.3 Å². The van der Waals surface area contributed by atoms with E-state index in [2.05, 4.69) is 0 Å². The Labute approximate surface area is 229 Å². The van der Waals surface area contributed by atoms with Crippen LogP contribution in [0.15, 0.2) is 66.2 Å². The molecular formula is C32H35NO6. The van der Waals surface area contributed by atoms with Gasteiger partial charge >= 0.3 is 0 Å². The van der Waals surface area contributed by atoms with Crippen LogP contribution in [-0.2, 0) is 9.59 Å². The van der Waals surface area contributed by atoms with Gasteiger partial charge in [0.25, 0.3) is 11.7 Å². The minimum atomic E-state index is -0.845. The molecule has 7 heteroatoms. The summed E-state index contributed by atoms with van der Waals surface area (Å²) in [6.45, 7) is 10.7. The number of carbonyl (C=O) groups is 2. The standard InChI is InChI=1S/C32H35NO6/c1-7-38-23-13-9-21(10-14-23)29-28(30(34)26-18-25(19(3)4)27(37-6)17-20(26)5)31(35)32(36)33(29)22-11-15-24(16-12-22)39-8-2/h9-19,29,34H,7-8H2,1-6H3/b30-28+. The zero-order valence-electron chi connectivity index (χ0n) is 23.3. The average Bonchev–Trinajstić information content (AvgIpc) is 3.19. The van der Waals surface area contributed by atoms with E-state index < -0.39 is 17.7 Å². The van der Waals surface area contributed by atoms with E-state index in [1.165, 1.54) is 4.90 Å². The second-order valence-corrected chi connectivity index (χ2v) is 9.66. The Morgan fingerprint density at radius 1 is 0.923 bits per heavy atom. The highest BCUT2D eigenvalue weighted by molar-refractivity contribution is 6.51. The number of aliphatic hydroxyl groups is 1. The lowest BCUT2D eigenvalue weighted by atomic mass is 9.91. The summed E-state index contributed by atoms with van der Waals surface area (Å²) < 4.78 is 16.7. The van der Waals surface area contributed by atoms with Gasteiger partial charge in [0.2, 0.25) is 0 Å². The number of ether oxygens (including phenoxy) is 3. The lowest BCUT2D eigenvalue weighted by molar-refractivity contribution is -0.132. The van der Waals surface area contributed by atoms with Crippen LogP contribution in [0.5, 0.6) is 17.2 Å². The van der Waals surface area contributed by atoms with Crippen LogP contribution < -0.4 is 19.1 Å². The molecule has 1 atom stereocenters. The predicted octanol–water partition coefficient (Wildman–Crippen LogP) is 6.55. The highest BCUT2D eigenvalue weighted by atomic mass is 16.5. The molecule has 1 amide bonds. The summed E-state index contributed by atoms with van der Waals surface area (Å²) in [6, 6.07) is 17.1. The smallest absolute Gasteiger partial charge is 0.300 e. The van der Waals surface area contributed by atoms with Crippen LogP contribution in [0.3, 0.4) is 0 Å². The summed E-state index contributed by atoms with van der Waals surface area (Å²) in [4.78, 5) is 28.6. The molecule has 0 aliphatic carbocycles. The van der Waals surface area contributed by atoms with E-state index in [-0.39, 0.29) is 17.3 Å². The summed E-state index contributed by atoms with van der Waals surface area (Å²) in [5, 5.41) is 11.7. The van der Waals surface area contributed by atoms with Gasteiger partial charge in [-0.2, -0.15) is 0 Å². The molecule has 0 saturated carbocycles. The monoisotopic (exact) mass is 529 g/mol. The number of benzene rings is 3. The first-order valence-electron chi connectivity index (χ1n) is 13.2. The fourth-order valence-electron chi connectivity index (χ4n) is 4.92. The molecule has 39 heavy (non-hydrogen) atoms. The first-order chi connectivity index (χ1) is 18.7. The van der Waals surface area contributed by atoms with Gasteiger partial charge in [-0.3, -0.25) is 14.5 Å². The van der Waals surface area contributed by atoms with Gasteiger partial charge in [-0.05, 0) is 91.9 Å². The number of carbonyl (C=O) groups excluding carboxylic acids is 2. The number of hydrogen-bond donors (Lipinski definition) is 1. The van der Waals surface area contributed by atoms with Crippen LogP contribution in [0, 0.1) is 6.92 Å². The van der Waals surface area contributed by atoms with Crippen LogP contribution in [0.4, 0.5) is 5.69 Å². The van der Waals surface area contributed by atoms with E-state index in [4.69, 9.17) is 14.2 Å². The SMILES string of the molecule is CCOc1ccc(C2/C(=C(\O)c3cc(C(C)C)c(OC)cc3C)C(=O)C(=O)N2c2ccc(OCC)cc2)cc1. The van der Waals surface area contributed by atoms with Crippen LogP contribution >= 0.6 is 0 Å². The minimum absolute atomic E-state index is 0.0287. The van der Waals surface area contributed by atoms with Gasteiger partial charge < -0.3 is 19.3 Å². The molecule has 0 spiro atoms. The van der Waals surface area contributed by atoms with Crippen molar-refractivity contribution < 1.29 is 28.9 Å². The minimum Gasteiger partial charge on any atom is -0.507 e. The van der Waals surface area contributed by atoms with Crippen molar-refractivity contribution in [1.29, 1.82) is 0 Å². The van der Waals surface area contributed by atoms with E-state index in [0.29, 0.717) is 47.3 Å². The van der Waals surface area contributed by atoms with Crippen molar-refractivity contribution in [2.45, 2.75) is 46.6 Å². The molecule has 0 radical (unpaired) electrons. The number of methoxy groups -OCH3 is 1. The fraction of sp³-hybridized carbons (Fsp3) is 0.312. The number of hydrogen-bond acceptors (Lipinski definition) is 6. The summed E-state index contributed by atoms with van der Waals surface area (Å²) in [5.41, 5.74) is 3.33. The van der Waals surface area contributed by atoms with Gasteiger partial charge in [0.15, 0.2) is 0 Å². The molecule has 1 saturated heterocycles. The number of anilines is 1. The van der Waals surface area contributed by atoms with Crippen molar-refractivity contribution in [3.05, 3.63) is 88.5 Å². The number of amides is 1. The highest BCUT2D eigenvalue weighted by Crippen LogP contribution is 2.44. The first-order valence-corrected chi connectivity index (χ1v) is 13.2. The molecular weight excluding hydrogens is 494 g/mol. The van der Waals surface area contributed by atoms with E-state index in [0.717, 1.165) is 11.1 Å². The van der Waals surface area contributed by atoms with Gasteiger partial charge in [-0.15, -0.1) is 0 Å². The van der Waals surface area contributed by atoms with Gasteiger partial charge in [0.05, 0.1) is 31.9 Å². The molecule has 7 nitrogen and oxygen atoms in total. The van der Waals surface area contributed by atoms with Crippen molar-refractivity contribution in [2.75, 3.05) is 25.2 Å². The number of nitrogens with zero attached hydrogens (tertiary/aromatic N) is 1. The number of ketones is 1. The topological polar surface area (TPSA) is 85.3 Å². The molecule has 1 unspecified atom stereocenters. The highest BCUT2D eigenvalue weighted by Gasteiger charge is 2.47. The summed E-state index contributed by atoms with van der Waals surface area (Å²) in [7, 11) is 1.61. The van der Waals surface area contributed by atoms with Crippen LogP contribution in [0.2, 0.25) is 0 Å². The Hall–Kier alpha value is -4.26. The third-order valence-electron chi connectivity index (χ3n) is 6.83. The maximum absolute atomic E-state index is 13.6. The van der Waals surface area contributed by atoms with Crippen LogP contribution in [0.1, 0.15) is 61.9 Å². The molecule has 0 aromatic heterocycles. The van der Waals surface area contributed by atoms with Gasteiger partial charge in [-0.1, -0.05) is 26.0 Å². The number of aryl methyl sites for hydroxylation is 1. The quantitative estimate of drug-likeness (QED) is 0.192. The lowest BCUT2D eigenvalue weighted by Gasteiger charge is -2.26. The molecule has 3 aromatic carbocycles. The number of rotatable bonds is 9. The third-order valence-corrected chi connectivity index (χ3v) is 6.83. The van der Waals surface area contributed by atoms with Crippen molar-refractivity contribution in [2.24, 2.45) is 0 Å². The van der Waals surface area contributed by atoms with Crippen molar-refractivity contribution in [3.63, 3.8) is 0 Å². The first kappa shape index (κ1) is 27.8. The molecule has 1 fully saturated rings. The van der Waals surface area contributed by atoms with Gasteiger partial charge in [0.1, 0.15) is 23.0 Å². The maximum Gasteiger partial charge on any atom is 0.300 e. The predicted molar refractivity (Wildman–Crippen MR) is 152 cm³/mol. The zero-order chi connectivity index (χ0) is 28.3. The van der Waals surface area contributed by atoms with E-state index >= 15 is 0 Å². The average molecular weight is 530 g/mol. The summed E-state index contributed by atoms with van der Waals surface area (Å²) in [6.07, 6.45) is 0. The molecule has 204 valence electrons. The molecule has 1 N–H and O–H groups in total. The zero-order valence-corrected chi connectivity index (χ0v) is 23.3. The molecule has 1 aliphatic rings. The summed E-state index contributed by atoms with van der Waals surface area (Å²) >= 11 is 0. The van der Waals surface area contributed by atoms with E-state index in [1.54, 1.807) is 43.5 Å². The van der Waals surface area contributed by atoms with Crippen molar-refractivity contribution in [3.8, 4) is 17.2 Å². The molecule has 3 aromatic rings. The second-order valence-electron chi connectivity index (χ2n) is 9.66. The number of aliphatic hydroxyl groups excluding tert-OH is 1. The van der Waals surface area contributed by atoms with Crippen molar-refractivity contribution in [1.82, 2.24) is 0 Å². The number of Topliss-reactive ketones (excluding diaryl/α,β-unsaturated/α-hetero) is 1. The van der Waals surface area contributed by atoms with E-state index in [1.807, 2.05) is 58.9 Å². The lowest BCUT2D eigenvalue weighted by Crippen LogP contribution is -2.29. The van der Waals surface area contributed by atoms with Crippen molar-refractivity contribution >= 4 is 23.1 Å². The van der Waals surface area contributed by atoms with E-state index in [9.17, 15) is 14.7 Å². The Bertz CT molecular complexity index is 1390. The van der Waals surface area contributed by atoms with Crippen LogP contribution in [0.25, 0.3) is 5.76 Å². The Balaban J connectivity index is 1.93. The maximum atomic E-state index is 13.6. The van der Waals surface area contributed by atoms with Crippen LogP contribution in [-0.4, -0.2) is 37.1 Å².